The second-order valence-electron chi connectivity index (χ2n) is 13.1. The van der Waals surface area contributed by atoms with Crippen LogP contribution in [-0.2, 0) is 0 Å². The summed E-state index contributed by atoms with van der Waals surface area (Å²) in [7, 11) is 0. The van der Waals surface area contributed by atoms with Gasteiger partial charge in [-0.25, -0.2) is 0 Å². The molecule has 0 aliphatic carbocycles. The third-order valence-electron chi connectivity index (χ3n) is 8.72. The quantitative estimate of drug-likeness (QED) is 0.128. The molecule has 0 amide bonds. The molecule has 0 aromatic heterocycles. The van der Waals surface area contributed by atoms with Gasteiger partial charge in [-0.15, -0.1) is 0 Å². The molecule has 0 radical (unpaired) electrons. The zero-order valence-corrected chi connectivity index (χ0v) is 27.9. The Morgan fingerprint density at radius 1 is 0.622 bits per heavy atom. The summed E-state index contributed by atoms with van der Waals surface area (Å²) in [5.74, 6) is 1.99. The van der Waals surface area contributed by atoms with Crippen molar-refractivity contribution in [2.45, 2.75) is 78.3 Å². The van der Waals surface area contributed by atoms with Crippen LogP contribution in [-0.4, -0.2) is 76.8 Å². The Kier molecular flexibility index (Phi) is 12.2. The lowest BCUT2D eigenvalue weighted by Crippen LogP contribution is -2.33. The summed E-state index contributed by atoms with van der Waals surface area (Å²) >= 11 is 0. The molecule has 0 spiro atoms. The van der Waals surface area contributed by atoms with Crippen LogP contribution in [0.25, 0.3) is 0 Å². The molecule has 3 aromatic rings. The molecule has 1 heterocycles. The van der Waals surface area contributed by atoms with Gasteiger partial charge < -0.3 is 15.3 Å². The number of benzene rings is 3. The van der Waals surface area contributed by atoms with Crippen molar-refractivity contribution in [3.05, 3.63) is 88.0 Å². The maximum absolute atomic E-state index is 11.0. The smallest absolute Gasteiger partial charge is 0.124 e. The molecule has 0 atom stereocenters. The Hall–Kier alpha value is -3.68. The molecule has 242 valence electrons. The van der Waals surface area contributed by atoms with Crippen molar-refractivity contribution in [3.8, 4) is 17.2 Å². The van der Waals surface area contributed by atoms with E-state index in [-0.39, 0.29) is 17.7 Å². The number of phenols is 3. The van der Waals surface area contributed by atoms with Gasteiger partial charge in [-0.1, -0.05) is 59.7 Å². The molecule has 1 saturated heterocycles. The number of aromatic hydroxyl groups is 3. The second-order valence-corrected chi connectivity index (χ2v) is 13.1. The molecule has 1 aliphatic heterocycles. The third kappa shape index (κ3) is 9.18. The van der Waals surface area contributed by atoms with E-state index in [0.717, 1.165) is 55.7 Å². The van der Waals surface area contributed by atoms with E-state index in [2.05, 4.69) is 67.4 Å². The first-order chi connectivity index (χ1) is 21.5. The van der Waals surface area contributed by atoms with Crippen molar-refractivity contribution in [1.82, 2.24) is 9.80 Å². The van der Waals surface area contributed by atoms with Crippen molar-refractivity contribution in [2.75, 3.05) is 39.3 Å². The van der Waals surface area contributed by atoms with Gasteiger partial charge in [0.1, 0.15) is 17.2 Å². The zero-order valence-electron chi connectivity index (χ0n) is 27.9. The van der Waals surface area contributed by atoms with Crippen LogP contribution in [0.1, 0.15) is 112 Å². The summed E-state index contributed by atoms with van der Waals surface area (Å²) in [6, 6.07) is 17.5. The van der Waals surface area contributed by atoms with E-state index in [1.54, 1.807) is 24.6 Å². The van der Waals surface area contributed by atoms with Crippen molar-refractivity contribution in [3.63, 3.8) is 0 Å². The molecule has 3 N–H and O–H groups in total. The minimum atomic E-state index is -0.0183. The van der Waals surface area contributed by atoms with Gasteiger partial charge in [-0.05, 0) is 83.7 Å². The lowest BCUT2D eigenvalue weighted by molar-refractivity contribution is 0.133. The van der Waals surface area contributed by atoms with E-state index >= 15 is 0 Å². The van der Waals surface area contributed by atoms with E-state index in [0.29, 0.717) is 36.6 Å². The normalized spacial score (nSPS) is 16.4. The summed E-state index contributed by atoms with van der Waals surface area (Å²) in [4.78, 5) is 14.2. The maximum Gasteiger partial charge on any atom is 0.124 e. The Labute approximate surface area is 270 Å². The fraction of sp³-hybridized carbons (Fsp3) is 0.474. The highest BCUT2D eigenvalue weighted by atomic mass is 16.3. The zero-order chi connectivity index (χ0) is 32.5. The molecular formula is C38H52N4O3. The van der Waals surface area contributed by atoms with Gasteiger partial charge in [0.15, 0.2) is 0 Å². The summed E-state index contributed by atoms with van der Waals surface area (Å²) in [5, 5.41) is 31.6. The molecule has 7 nitrogen and oxygen atoms in total. The molecule has 0 unspecified atom stereocenters. The molecule has 3 aromatic carbocycles. The van der Waals surface area contributed by atoms with Gasteiger partial charge in [0, 0.05) is 68.4 Å². The topological polar surface area (TPSA) is 91.9 Å². The largest absolute Gasteiger partial charge is 0.508 e. The molecule has 7 heteroatoms. The number of phenolic OH excluding ortho intramolecular Hbond substituents is 3. The van der Waals surface area contributed by atoms with E-state index in [9.17, 15) is 15.3 Å². The summed E-state index contributed by atoms with van der Waals surface area (Å²) < 4.78 is 0. The first kappa shape index (κ1) is 34.2. The first-order valence-electron chi connectivity index (χ1n) is 16.5. The van der Waals surface area contributed by atoms with Gasteiger partial charge in [-0.3, -0.25) is 19.8 Å². The highest BCUT2D eigenvalue weighted by Gasteiger charge is 2.34. The molecule has 1 aliphatic rings. The van der Waals surface area contributed by atoms with Crippen molar-refractivity contribution >= 4 is 12.4 Å². The molecule has 45 heavy (non-hydrogen) atoms. The fourth-order valence-electron chi connectivity index (χ4n) is 5.86. The number of aliphatic imine (C=N–C) groups is 2. The SMILES string of the molecule is CC(C)c1ccc(O)c(C=NCCCN2CCN(CCCN=Cc3cc(C(C)C)ccc3O)C2c2cc(C(C)C)ccc2O)c1. The molecule has 4 rings (SSSR count). The van der Waals surface area contributed by atoms with Crippen LogP contribution < -0.4 is 0 Å². The van der Waals surface area contributed by atoms with Crippen LogP contribution in [0, 0.1) is 0 Å². The number of hydrogen-bond acceptors (Lipinski definition) is 7. The summed E-state index contributed by atoms with van der Waals surface area (Å²) in [6.45, 7) is 17.8. The Morgan fingerprint density at radius 3 is 1.44 bits per heavy atom. The lowest BCUT2D eigenvalue weighted by Gasteiger charge is -2.31. The van der Waals surface area contributed by atoms with Crippen molar-refractivity contribution in [1.29, 1.82) is 0 Å². The first-order valence-corrected chi connectivity index (χ1v) is 16.5. The monoisotopic (exact) mass is 612 g/mol. The van der Waals surface area contributed by atoms with Gasteiger partial charge in [-0.2, -0.15) is 0 Å². The number of hydrogen-bond donors (Lipinski definition) is 3. The van der Waals surface area contributed by atoms with Crippen LogP contribution in [0.4, 0.5) is 0 Å². The highest BCUT2D eigenvalue weighted by molar-refractivity contribution is 5.84. The molecule has 0 saturated carbocycles. The molecular weight excluding hydrogens is 560 g/mol. The average Bonchev–Trinajstić information content (AvgIpc) is 3.40. The lowest BCUT2D eigenvalue weighted by atomic mass is 9.98. The van der Waals surface area contributed by atoms with Gasteiger partial charge in [0.2, 0.25) is 0 Å². The van der Waals surface area contributed by atoms with Crippen molar-refractivity contribution < 1.29 is 15.3 Å². The fourth-order valence-corrected chi connectivity index (χ4v) is 5.86. The average molecular weight is 613 g/mol. The van der Waals surface area contributed by atoms with E-state index < -0.39 is 0 Å². The maximum atomic E-state index is 11.0. The standard InChI is InChI=1S/C38H52N4O3/c1-26(2)29-9-12-35(43)32(21-29)24-39-15-7-17-41-19-20-42(38(41)34-23-31(28(5)6)11-14-37(34)45)18-8-16-40-25-33-22-30(27(3)4)10-13-36(33)44/h9-14,21-28,38,43-45H,7-8,15-20H2,1-6H3. The molecule has 1 fully saturated rings. The Morgan fingerprint density at radius 2 is 1.02 bits per heavy atom. The van der Waals surface area contributed by atoms with Crippen LogP contribution in [0.15, 0.2) is 64.6 Å². The van der Waals surface area contributed by atoms with Crippen molar-refractivity contribution in [2.24, 2.45) is 9.98 Å². The molecule has 0 bridgehead atoms. The predicted molar refractivity (Wildman–Crippen MR) is 187 cm³/mol. The minimum Gasteiger partial charge on any atom is -0.508 e. The van der Waals surface area contributed by atoms with Gasteiger partial charge in [0.25, 0.3) is 0 Å². The van der Waals surface area contributed by atoms with Crippen LogP contribution in [0.2, 0.25) is 0 Å². The Balaban J connectivity index is 1.41. The minimum absolute atomic E-state index is 0.0183. The van der Waals surface area contributed by atoms with Crippen LogP contribution >= 0.6 is 0 Å². The third-order valence-corrected chi connectivity index (χ3v) is 8.72. The second kappa shape index (κ2) is 16.1. The number of nitrogens with zero attached hydrogens (tertiary/aromatic N) is 4. The van der Waals surface area contributed by atoms with E-state index in [1.807, 2.05) is 36.4 Å². The highest BCUT2D eigenvalue weighted by Crippen LogP contribution is 2.37. The predicted octanol–water partition coefficient (Wildman–Crippen LogP) is 7.81. The Bertz CT molecular complexity index is 1380. The van der Waals surface area contributed by atoms with E-state index in [4.69, 9.17) is 0 Å². The van der Waals surface area contributed by atoms with Gasteiger partial charge in [0.05, 0.1) is 6.17 Å². The van der Waals surface area contributed by atoms with E-state index in [1.165, 1.54) is 16.7 Å². The summed E-state index contributed by atoms with van der Waals surface area (Å²) in [5.41, 5.74) is 6.05. The summed E-state index contributed by atoms with van der Waals surface area (Å²) in [6.07, 6.45) is 5.30. The van der Waals surface area contributed by atoms with Crippen LogP contribution in [0.3, 0.4) is 0 Å². The number of rotatable bonds is 14. The van der Waals surface area contributed by atoms with Crippen LogP contribution in [0.5, 0.6) is 17.2 Å². The van der Waals surface area contributed by atoms with Gasteiger partial charge >= 0.3 is 0 Å².